The second-order valence-electron chi connectivity index (χ2n) is 4.17. The van der Waals surface area contributed by atoms with Crippen molar-refractivity contribution in [2.75, 3.05) is 0 Å². The van der Waals surface area contributed by atoms with E-state index in [1.165, 1.54) is 24.3 Å². The fourth-order valence-corrected chi connectivity index (χ4v) is 2.78. The normalized spacial score (nSPS) is 12.1. The van der Waals surface area contributed by atoms with Gasteiger partial charge in [0.05, 0.1) is 10.5 Å². The summed E-state index contributed by atoms with van der Waals surface area (Å²) in [6, 6.07) is 8.43. The summed E-state index contributed by atoms with van der Waals surface area (Å²) in [5.74, 6) is -3.72. The van der Waals surface area contributed by atoms with Gasteiger partial charge in [0, 0.05) is 12.1 Å². The number of furan rings is 1. The van der Waals surface area contributed by atoms with Crippen LogP contribution in [0, 0.1) is 0 Å². The van der Waals surface area contributed by atoms with Crippen LogP contribution in [0.4, 0.5) is 0 Å². The predicted molar refractivity (Wildman–Crippen MR) is 73.3 cm³/mol. The number of aliphatic hydroxyl groups is 1. The number of sulfone groups is 1. The highest BCUT2D eigenvalue weighted by molar-refractivity contribution is 7.91. The zero-order valence-electron chi connectivity index (χ0n) is 11.0. The third kappa shape index (κ3) is 3.07. The van der Waals surface area contributed by atoms with Gasteiger partial charge in [0.15, 0.2) is 5.78 Å². The zero-order valence-corrected chi connectivity index (χ0v) is 11.8. The molecule has 0 spiro atoms. The van der Waals surface area contributed by atoms with Crippen LogP contribution in [-0.2, 0) is 14.6 Å². The third-order valence-corrected chi connectivity index (χ3v) is 4.30. The van der Waals surface area contributed by atoms with E-state index < -0.39 is 32.4 Å². The molecular weight excluding hydrogens is 312 g/mol. The van der Waals surface area contributed by atoms with Crippen molar-refractivity contribution in [2.45, 2.75) is 9.99 Å². The lowest BCUT2D eigenvalue weighted by atomic mass is 10.2. The van der Waals surface area contributed by atoms with Crippen LogP contribution < -0.4 is 0 Å². The first-order valence-corrected chi connectivity index (χ1v) is 7.37. The van der Waals surface area contributed by atoms with Crippen molar-refractivity contribution < 1.29 is 32.6 Å². The molecule has 7 nitrogen and oxygen atoms in total. The van der Waals surface area contributed by atoms with Crippen molar-refractivity contribution in [2.24, 2.45) is 0 Å². The molecule has 0 aliphatic rings. The van der Waals surface area contributed by atoms with Crippen LogP contribution in [0.3, 0.4) is 0 Å². The molecule has 8 heteroatoms. The van der Waals surface area contributed by atoms with Gasteiger partial charge in [-0.1, -0.05) is 18.2 Å². The van der Waals surface area contributed by atoms with Crippen molar-refractivity contribution in [1.29, 1.82) is 0 Å². The number of aliphatic carboxylic acids is 1. The van der Waals surface area contributed by atoms with E-state index in [0.717, 1.165) is 12.3 Å². The van der Waals surface area contributed by atoms with Gasteiger partial charge in [0.1, 0.15) is 6.26 Å². The van der Waals surface area contributed by atoms with Crippen molar-refractivity contribution in [3.63, 3.8) is 0 Å². The van der Waals surface area contributed by atoms with Gasteiger partial charge in [-0.3, -0.25) is 4.79 Å². The first kappa shape index (κ1) is 15.5. The summed E-state index contributed by atoms with van der Waals surface area (Å²) < 4.78 is 29.4. The van der Waals surface area contributed by atoms with Gasteiger partial charge in [0.25, 0.3) is 0 Å². The van der Waals surface area contributed by atoms with Gasteiger partial charge in [0.2, 0.25) is 20.7 Å². The molecule has 2 aromatic rings. The molecule has 22 heavy (non-hydrogen) atoms. The van der Waals surface area contributed by atoms with Gasteiger partial charge in [-0.15, -0.1) is 0 Å². The number of hydrogen-bond acceptors (Lipinski definition) is 6. The molecule has 0 atom stereocenters. The largest absolute Gasteiger partial charge is 0.502 e. The van der Waals surface area contributed by atoms with E-state index in [2.05, 4.69) is 0 Å². The fraction of sp³-hybridized carbons (Fsp3) is 0. The minimum Gasteiger partial charge on any atom is -0.502 e. The second-order valence-corrected chi connectivity index (χ2v) is 6.05. The molecule has 114 valence electrons. The van der Waals surface area contributed by atoms with E-state index in [0.29, 0.717) is 6.08 Å². The SMILES string of the molecule is O=C(O)/C(O)=C/C(=O)c1coc(S(=O)(=O)c2ccccc2)c1. The summed E-state index contributed by atoms with van der Waals surface area (Å²) in [4.78, 5) is 22.1. The lowest BCUT2D eigenvalue weighted by molar-refractivity contribution is -0.135. The number of hydrogen-bond donors (Lipinski definition) is 2. The predicted octanol–water partition coefficient (Wildman–Crippen LogP) is 1.82. The van der Waals surface area contributed by atoms with Crippen LogP contribution in [0.25, 0.3) is 0 Å². The molecule has 0 saturated heterocycles. The summed E-state index contributed by atoms with van der Waals surface area (Å²) in [6.07, 6.45) is 1.34. The first-order chi connectivity index (χ1) is 10.3. The van der Waals surface area contributed by atoms with E-state index in [-0.39, 0.29) is 10.5 Å². The minimum absolute atomic E-state index is 0.00715. The number of ketones is 1. The molecule has 0 radical (unpaired) electrons. The standard InChI is InChI=1S/C14H10O7S/c15-11(7-12(16)14(17)18)9-6-13(21-8-9)22(19,20)10-4-2-1-3-5-10/h1-8,16H,(H,17,18)/b12-7-. The maximum absolute atomic E-state index is 12.2. The average Bonchev–Trinajstić information content (AvgIpc) is 2.98. The van der Waals surface area contributed by atoms with Crippen molar-refractivity contribution in [3.8, 4) is 0 Å². The molecule has 0 aliphatic heterocycles. The Kier molecular flexibility index (Phi) is 4.13. The lowest BCUT2D eigenvalue weighted by Gasteiger charge is -1.99. The topological polar surface area (TPSA) is 122 Å². The highest BCUT2D eigenvalue weighted by Crippen LogP contribution is 2.23. The maximum atomic E-state index is 12.2. The van der Waals surface area contributed by atoms with E-state index in [9.17, 15) is 18.0 Å². The Morgan fingerprint density at radius 3 is 2.32 bits per heavy atom. The Labute approximate surface area is 125 Å². The lowest BCUT2D eigenvalue weighted by Crippen LogP contribution is -2.03. The number of carboxylic acids is 1. The Morgan fingerprint density at radius 2 is 1.73 bits per heavy atom. The number of benzene rings is 1. The molecule has 2 N–H and O–H groups in total. The van der Waals surface area contributed by atoms with E-state index in [1.807, 2.05) is 0 Å². The van der Waals surface area contributed by atoms with Gasteiger partial charge >= 0.3 is 5.97 Å². The maximum Gasteiger partial charge on any atom is 0.371 e. The highest BCUT2D eigenvalue weighted by atomic mass is 32.2. The Balaban J connectivity index is 2.35. The zero-order chi connectivity index (χ0) is 16.3. The molecule has 0 saturated carbocycles. The molecule has 0 amide bonds. The number of aliphatic hydroxyl groups excluding tert-OH is 1. The van der Waals surface area contributed by atoms with Gasteiger partial charge in [-0.25, -0.2) is 13.2 Å². The monoisotopic (exact) mass is 322 g/mol. The molecule has 1 heterocycles. The molecule has 0 bridgehead atoms. The van der Waals surface area contributed by atoms with E-state index >= 15 is 0 Å². The molecule has 1 aromatic heterocycles. The van der Waals surface area contributed by atoms with Gasteiger partial charge in [-0.2, -0.15) is 0 Å². The summed E-state index contributed by atoms with van der Waals surface area (Å²) in [5, 5.41) is 17.0. The summed E-state index contributed by atoms with van der Waals surface area (Å²) in [7, 11) is -3.91. The third-order valence-electron chi connectivity index (χ3n) is 2.67. The molecule has 0 unspecified atom stereocenters. The molecule has 0 aliphatic carbocycles. The average molecular weight is 322 g/mol. The van der Waals surface area contributed by atoms with Gasteiger partial charge < -0.3 is 14.6 Å². The Hall–Kier alpha value is -2.87. The summed E-state index contributed by atoms with van der Waals surface area (Å²) in [6.45, 7) is 0. The van der Waals surface area contributed by atoms with Gasteiger partial charge in [-0.05, 0) is 12.1 Å². The molecule has 1 aromatic carbocycles. The first-order valence-electron chi connectivity index (χ1n) is 5.89. The van der Waals surface area contributed by atoms with Crippen molar-refractivity contribution in [1.82, 2.24) is 0 Å². The number of allylic oxidation sites excluding steroid dienone is 1. The minimum atomic E-state index is -3.91. The second kappa shape index (κ2) is 5.86. The number of rotatable bonds is 5. The quantitative estimate of drug-likeness (QED) is 0.489. The van der Waals surface area contributed by atoms with Crippen LogP contribution in [0.1, 0.15) is 10.4 Å². The Morgan fingerprint density at radius 1 is 1.09 bits per heavy atom. The van der Waals surface area contributed by atoms with Crippen LogP contribution in [0.5, 0.6) is 0 Å². The Bertz CT molecular complexity index is 844. The smallest absolute Gasteiger partial charge is 0.371 e. The van der Waals surface area contributed by atoms with Crippen LogP contribution >= 0.6 is 0 Å². The van der Waals surface area contributed by atoms with Crippen molar-refractivity contribution in [3.05, 3.63) is 60.1 Å². The molecule has 0 fully saturated rings. The number of carbonyl (C=O) groups is 2. The number of carboxylic acid groups (broad SMARTS) is 1. The number of carbonyl (C=O) groups excluding carboxylic acids is 1. The van der Waals surface area contributed by atoms with Crippen molar-refractivity contribution >= 4 is 21.6 Å². The van der Waals surface area contributed by atoms with Crippen LogP contribution in [-0.4, -0.2) is 30.4 Å². The van der Waals surface area contributed by atoms with Crippen LogP contribution in [0.15, 0.2) is 68.9 Å². The van der Waals surface area contributed by atoms with E-state index in [1.54, 1.807) is 6.07 Å². The molecule has 2 rings (SSSR count). The molecular formula is C14H10O7S. The van der Waals surface area contributed by atoms with E-state index in [4.69, 9.17) is 14.6 Å². The summed E-state index contributed by atoms with van der Waals surface area (Å²) >= 11 is 0. The fourth-order valence-electron chi connectivity index (χ4n) is 1.57. The highest BCUT2D eigenvalue weighted by Gasteiger charge is 2.23. The van der Waals surface area contributed by atoms with Crippen LogP contribution in [0.2, 0.25) is 0 Å². The summed E-state index contributed by atoms with van der Waals surface area (Å²) in [5.41, 5.74) is -0.192.